The van der Waals surface area contributed by atoms with Crippen LogP contribution in [0.1, 0.15) is 5.56 Å². The summed E-state index contributed by atoms with van der Waals surface area (Å²) in [5, 5.41) is 15.9. The lowest BCUT2D eigenvalue weighted by Crippen LogP contribution is -2.56. The molecule has 3 N–H and O–H groups in total. The monoisotopic (exact) mass is 357 g/mol. The number of benzene rings is 2. The zero-order chi connectivity index (χ0) is 18.4. The number of ether oxygens (including phenoxy) is 1. The van der Waals surface area contributed by atoms with Gasteiger partial charge in [-0.1, -0.05) is 42.5 Å². The van der Waals surface area contributed by atoms with Gasteiger partial charge < -0.3 is 15.2 Å². The van der Waals surface area contributed by atoms with Gasteiger partial charge >= 0.3 is 0 Å². The third kappa shape index (κ3) is 4.78. The number of fused-ring (bicyclic) bond motifs is 1. The van der Waals surface area contributed by atoms with E-state index >= 15 is 0 Å². The first-order valence-corrected chi connectivity index (χ1v) is 8.67. The van der Waals surface area contributed by atoms with E-state index in [1.54, 1.807) is 5.01 Å². The lowest BCUT2D eigenvalue weighted by atomic mass is 10.0. The van der Waals surface area contributed by atoms with Crippen LogP contribution in [0.25, 0.3) is 10.8 Å². The molecule has 7 heteroatoms. The number of nitrogens with zero attached hydrogens (tertiary/aromatic N) is 1. The van der Waals surface area contributed by atoms with Gasteiger partial charge in [-0.05, 0) is 16.3 Å². The van der Waals surface area contributed by atoms with E-state index in [0.29, 0.717) is 26.3 Å². The normalized spacial score (nSPS) is 16.2. The van der Waals surface area contributed by atoms with Gasteiger partial charge in [-0.15, -0.1) is 0 Å². The van der Waals surface area contributed by atoms with E-state index in [1.165, 1.54) is 0 Å². The number of aliphatic hydroxyl groups excluding tert-OH is 1. The summed E-state index contributed by atoms with van der Waals surface area (Å²) in [6.07, 6.45) is 0.145. The van der Waals surface area contributed by atoms with Gasteiger partial charge in [0.05, 0.1) is 26.2 Å². The molecule has 2 aromatic rings. The van der Waals surface area contributed by atoms with Crippen LogP contribution in [-0.2, 0) is 20.7 Å². The minimum atomic E-state index is -0.981. The van der Waals surface area contributed by atoms with Crippen molar-refractivity contribution in [3.05, 3.63) is 48.0 Å². The van der Waals surface area contributed by atoms with E-state index in [-0.39, 0.29) is 12.3 Å². The van der Waals surface area contributed by atoms with Gasteiger partial charge in [-0.3, -0.25) is 15.0 Å². The fourth-order valence-electron chi connectivity index (χ4n) is 2.88. The average molecular weight is 357 g/mol. The minimum absolute atomic E-state index is 0.145. The highest BCUT2D eigenvalue weighted by Crippen LogP contribution is 2.15. The summed E-state index contributed by atoms with van der Waals surface area (Å²) in [5.41, 5.74) is 3.56. The Kier molecular flexibility index (Phi) is 6.17. The third-order valence-corrected chi connectivity index (χ3v) is 4.29. The number of hydrazine groups is 1. The summed E-state index contributed by atoms with van der Waals surface area (Å²) < 4.78 is 5.22. The number of hydrogen-bond donors (Lipinski definition) is 3. The number of amides is 2. The second kappa shape index (κ2) is 8.75. The van der Waals surface area contributed by atoms with Crippen LogP contribution in [0.3, 0.4) is 0 Å². The number of rotatable bonds is 6. The predicted octanol–water partition coefficient (Wildman–Crippen LogP) is 0.223. The summed E-state index contributed by atoms with van der Waals surface area (Å²) in [4.78, 5) is 24.5. The van der Waals surface area contributed by atoms with Gasteiger partial charge in [0.1, 0.15) is 6.04 Å². The summed E-state index contributed by atoms with van der Waals surface area (Å²) in [6.45, 7) is 1.78. The standard InChI is InChI=1S/C19H23N3O4/c23-13-17(19(25)21-22-7-9-26-10-8-22)20-18(24)12-14-5-6-15-3-1-2-4-16(15)11-14/h1-6,11,17,23H,7-10,12-13H2,(H,20,24)(H,21,25). The zero-order valence-corrected chi connectivity index (χ0v) is 14.5. The van der Waals surface area contributed by atoms with Crippen LogP contribution in [0, 0.1) is 0 Å². The van der Waals surface area contributed by atoms with E-state index in [0.717, 1.165) is 16.3 Å². The molecule has 1 heterocycles. The molecule has 3 rings (SSSR count). The van der Waals surface area contributed by atoms with Crippen molar-refractivity contribution in [2.24, 2.45) is 0 Å². The van der Waals surface area contributed by atoms with Crippen molar-refractivity contribution in [2.75, 3.05) is 32.9 Å². The first-order valence-electron chi connectivity index (χ1n) is 8.67. The number of nitrogens with one attached hydrogen (secondary N) is 2. The van der Waals surface area contributed by atoms with E-state index in [9.17, 15) is 14.7 Å². The highest BCUT2D eigenvalue weighted by atomic mass is 16.5. The number of carbonyl (C=O) groups excluding carboxylic acids is 2. The molecule has 0 radical (unpaired) electrons. The van der Waals surface area contributed by atoms with Gasteiger partial charge in [0.25, 0.3) is 5.91 Å². The van der Waals surface area contributed by atoms with Crippen molar-refractivity contribution in [3.63, 3.8) is 0 Å². The quantitative estimate of drug-likeness (QED) is 0.688. The van der Waals surface area contributed by atoms with Gasteiger partial charge in [0, 0.05) is 13.1 Å². The van der Waals surface area contributed by atoms with Crippen molar-refractivity contribution < 1.29 is 19.4 Å². The molecule has 1 saturated heterocycles. The van der Waals surface area contributed by atoms with Crippen LogP contribution in [0.15, 0.2) is 42.5 Å². The summed E-state index contributed by atoms with van der Waals surface area (Å²) in [6, 6.07) is 12.7. The molecule has 0 aliphatic carbocycles. The number of hydrogen-bond acceptors (Lipinski definition) is 5. The highest BCUT2D eigenvalue weighted by molar-refractivity contribution is 5.89. The summed E-state index contributed by atoms with van der Waals surface area (Å²) in [5.74, 6) is -0.738. The average Bonchev–Trinajstić information content (AvgIpc) is 2.66. The largest absolute Gasteiger partial charge is 0.394 e. The lowest BCUT2D eigenvalue weighted by Gasteiger charge is -2.28. The lowest BCUT2D eigenvalue weighted by molar-refractivity contribution is -0.134. The summed E-state index contributed by atoms with van der Waals surface area (Å²) >= 11 is 0. The molecule has 1 fully saturated rings. The first-order chi connectivity index (χ1) is 12.7. The molecule has 7 nitrogen and oxygen atoms in total. The van der Waals surface area contributed by atoms with Crippen LogP contribution in [0.5, 0.6) is 0 Å². The molecule has 1 atom stereocenters. The summed E-state index contributed by atoms with van der Waals surface area (Å²) in [7, 11) is 0. The zero-order valence-electron chi connectivity index (χ0n) is 14.5. The molecule has 138 valence electrons. The van der Waals surface area contributed by atoms with Crippen LogP contribution in [0.4, 0.5) is 0 Å². The van der Waals surface area contributed by atoms with Gasteiger partial charge in [-0.2, -0.15) is 0 Å². The van der Waals surface area contributed by atoms with E-state index in [4.69, 9.17) is 4.74 Å². The Bertz CT molecular complexity index is 774. The van der Waals surface area contributed by atoms with Crippen LogP contribution in [-0.4, -0.2) is 60.9 Å². The maximum Gasteiger partial charge on any atom is 0.259 e. The van der Waals surface area contributed by atoms with E-state index < -0.39 is 18.6 Å². The molecule has 1 unspecified atom stereocenters. The molecule has 1 aliphatic rings. The number of aliphatic hydroxyl groups is 1. The Morgan fingerprint density at radius 2 is 1.85 bits per heavy atom. The Balaban J connectivity index is 1.56. The van der Waals surface area contributed by atoms with Gasteiger partial charge in [0.2, 0.25) is 5.91 Å². The molecule has 0 bridgehead atoms. The number of morpholine rings is 1. The Morgan fingerprint density at radius 3 is 2.58 bits per heavy atom. The third-order valence-electron chi connectivity index (χ3n) is 4.29. The molecule has 2 aromatic carbocycles. The second-order valence-electron chi connectivity index (χ2n) is 6.24. The fourth-order valence-corrected chi connectivity index (χ4v) is 2.88. The van der Waals surface area contributed by atoms with Gasteiger partial charge in [0.15, 0.2) is 0 Å². The second-order valence-corrected chi connectivity index (χ2v) is 6.24. The van der Waals surface area contributed by atoms with Gasteiger partial charge in [-0.25, -0.2) is 5.01 Å². The molecule has 0 spiro atoms. The molecule has 0 aromatic heterocycles. The molecule has 1 aliphatic heterocycles. The smallest absolute Gasteiger partial charge is 0.259 e. The van der Waals surface area contributed by atoms with Crippen molar-refractivity contribution in [2.45, 2.75) is 12.5 Å². The predicted molar refractivity (Wildman–Crippen MR) is 97.2 cm³/mol. The van der Waals surface area contributed by atoms with Crippen molar-refractivity contribution in [1.29, 1.82) is 0 Å². The molecular weight excluding hydrogens is 334 g/mol. The molecule has 26 heavy (non-hydrogen) atoms. The molecule has 0 saturated carbocycles. The SMILES string of the molecule is O=C(Cc1ccc2ccccc2c1)NC(CO)C(=O)NN1CCOCC1. The Labute approximate surface area is 151 Å². The molecule has 2 amide bonds. The van der Waals surface area contributed by atoms with Crippen molar-refractivity contribution in [1.82, 2.24) is 15.8 Å². The van der Waals surface area contributed by atoms with Crippen molar-refractivity contribution >= 4 is 22.6 Å². The van der Waals surface area contributed by atoms with Crippen LogP contribution < -0.4 is 10.7 Å². The number of carbonyl (C=O) groups is 2. The maximum atomic E-state index is 12.3. The Hall–Kier alpha value is -2.48. The Morgan fingerprint density at radius 1 is 1.12 bits per heavy atom. The van der Waals surface area contributed by atoms with E-state index in [1.807, 2.05) is 42.5 Å². The maximum absolute atomic E-state index is 12.3. The fraction of sp³-hybridized carbons (Fsp3) is 0.368. The van der Waals surface area contributed by atoms with E-state index in [2.05, 4.69) is 10.7 Å². The van der Waals surface area contributed by atoms with Crippen LogP contribution >= 0.6 is 0 Å². The first kappa shape index (κ1) is 18.3. The minimum Gasteiger partial charge on any atom is -0.394 e. The highest BCUT2D eigenvalue weighted by Gasteiger charge is 2.22. The topological polar surface area (TPSA) is 90.9 Å². The van der Waals surface area contributed by atoms with Crippen molar-refractivity contribution in [3.8, 4) is 0 Å². The molecular formula is C19H23N3O4. The van der Waals surface area contributed by atoms with Crippen LogP contribution in [0.2, 0.25) is 0 Å².